The highest BCUT2D eigenvalue weighted by Crippen LogP contribution is 2.46. The van der Waals surface area contributed by atoms with Gasteiger partial charge in [0, 0.05) is 17.1 Å². The van der Waals surface area contributed by atoms with Gasteiger partial charge in [0.15, 0.2) is 0 Å². The Balaban J connectivity index is 2.10. The summed E-state index contributed by atoms with van der Waals surface area (Å²) in [4.78, 5) is 11.2. The normalized spacial score (nSPS) is 12.6. The lowest BCUT2D eigenvalue weighted by atomic mass is 10.1. The van der Waals surface area contributed by atoms with E-state index in [0.29, 0.717) is 11.4 Å². The Morgan fingerprint density at radius 3 is 1.65 bits per heavy atom. The summed E-state index contributed by atoms with van der Waals surface area (Å²) in [5, 5.41) is 4.28. The summed E-state index contributed by atoms with van der Waals surface area (Å²) in [5.74, 6) is -15.2. The van der Waals surface area contributed by atoms with Crippen LogP contribution in [0.1, 0.15) is 0 Å². The summed E-state index contributed by atoms with van der Waals surface area (Å²) in [7, 11) is 0. The smallest absolute Gasteiger partial charge is 0.356 e. The molecular formula is C16H11F7N2O. The maximum absolute atomic E-state index is 13.2. The summed E-state index contributed by atoms with van der Waals surface area (Å²) in [6.07, 6.45) is -6.57. The zero-order valence-electron chi connectivity index (χ0n) is 12.8. The lowest BCUT2D eigenvalue weighted by molar-refractivity contribution is -0.343. The van der Waals surface area contributed by atoms with Gasteiger partial charge in [0.1, 0.15) is 0 Å². The van der Waals surface area contributed by atoms with Gasteiger partial charge >= 0.3 is 23.9 Å². The van der Waals surface area contributed by atoms with Gasteiger partial charge in [0.2, 0.25) is 0 Å². The van der Waals surface area contributed by atoms with E-state index < -0.39 is 23.9 Å². The highest BCUT2D eigenvalue weighted by atomic mass is 19.4. The number of carbonyl (C=O) groups excluding carboxylic acids is 1. The molecule has 0 aliphatic carbocycles. The minimum atomic E-state index is -6.57. The van der Waals surface area contributed by atoms with E-state index in [4.69, 9.17) is 0 Å². The van der Waals surface area contributed by atoms with Crippen molar-refractivity contribution in [1.82, 2.24) is 0 Å². The number of hydrogen-bond acceptors (Lipinski definition) is 2. The average molecular weight is 380 g/mol. The first-order valence-electron chi connectivity index (χ1n) is 7.01. The van der Waals surface area contributed by atoms with Crippen LogP contribution in [0.3, 0.4) is 0 Å². The molecular weight excluding hydrogens is 369 g/mol. The molecule has 0 spiro atoms. The predicted octanol–water partition coefficient (Wildman–Crippen LogP) is 5.20. The topological polar surface area (TPSA) is 41.1 Å². The van der Waals surface area contributed by atoms with E-state index in [0.717, 1.165) is 12.1 Å². The Kier molecular flexibility index (Phi) is 5.15. The number of halogens is 7. The third-order valence-corrected chi connectivity index (χ3v) is 3.24. The molecule has 0 saturated carbocycles. The van der Waals surface area contributed by atoms with Gasteiger partial charge in [0.05, 0.1) is 0 Å². The number of nitrogens with one attached hydrogen (secondary N) is 2. The van der Waals surface area contributed by atoms with Crippen LogP contribution in [0.25, 0.3) is 0 Å². The Labute approximate surface area is 142 Å². The van der Waals surface area contributed by atoms with Crippen molar-refractivity contribution >= 4 is 23.0 Å². The second-order valence-electron chi connectivity index (χ2n) is 5.17. The summed E-state index contributed by atoms with van der Waals surface area (Å²) in [5.41, 5.74) is 0.800. The van der Waals surface area contributed by atoms with Crippen molar-refractivity contribution in [3.05, 3.63) is 54.6 Å². The predicted molar refractivity (Wildman–Crippen MR) is 80.7 cm³/mol. The molecule has 0 heterocycles. The molecule has 2 aromatic carbocycles. The van der Waals surface area contributed by atoms with Crippen LogP contribution >= 0.6 is 0 Å². The van der Waals surface area contributed by atoms with Crippen molar-refractivity contribution in [2.45, 2.75) is 18.0 Å². The van der Waals surface area contributed by atoms with E-state index in [-0.39, 0.29) is 5.69 Å². The highest BCUT2D eigenvalue weighted by Gasteiger charge is 2.76. The maximum atomic E-state index is 13.2. The molecule has 2 N–H and O–H groups in total. The standard InChI is InChI=1S/C16H11F7N2O/c17-14(18,15(19,20)16(21,22)23)13(26)25-12-8-6-11(7-9-12)24-10-4-2-1-3-5-10/h1-9,24H,(H,25,26). The minimum Gasteiger partial charge on any atom is -0.356 e. The molecule has 0 aliphatic rings. The molecule has 26 heavy (non-hydrogen) atoms. The molecule has 2 aromatic rings. The largest absolute Gasteiger partial charge is 0.460 e. The van der Waals surface area contributed by atoms with Crippen LogP contribution in [0.15, 0.2) is 54.6 Å². The van der Waals surface area contributed by atoms with Crippen LogP contribution in [-0.2, 0) is 4.79 Å². The summed E-state index contributed by atoms with van der Waals surface area (Å²) >= 11 is 0. The van der Waals surface area contributed by atoms with E-state index in [1.807, 2.05) is 0 Å². The number of carbonyl (C=O) groups is 1. The molecule has 1 amide bonds. The van der Waals surface area contributed by atoms with Crippen molar-refractivity contribution in [3.63, 3.8) is 0 Å². The lowest BCUT2D eigenvalue weighted by Gasteiger charge is -2.27. The highest BCUT2D eigenvalue weighted by molar-refractivity contribution is 5.97. The van der Waals surface area contributed by atoms with E-state index in [9.17, 15) is 35.5 Å². The molecule has 0 unspecified atom stereocenters. The van der Waals surface area contributed by atoms with Crippen LogP contribution in [-0.4, -0.2) is 23.9 Å². The fourth-order valence-electron chi connectivity index (χ4n) is 1.86. The summed E-state index contributed by atoms with van der Waals surface area (Å²) < 4.78 is 88.4. The fourth-order valence-corrected chi connectivity index (χ4v) is 1.86. The Hall–Kier alpha value is -2.78. The van der Waals surface area contributed by atoms with Crippen molar-refractivity contribution in [3.8, 4) is 0 Å². The first-order valence-corrected chi connectivity index (χ1v) is 7.01. The molecule has 3 nitrogen and oxygen atoms in total. The van der Waals surface area contributed by atoms with Gasteiger partial charge in [0.25, 0.3) is 0 Å². The zero-order valence-corrected chi connectivity index (χ0v) is 12.8. The lowest BCUT2D eigenvalue weighted by Crippen LogP contribution is -2.57. The number of amides is 1. The number of para-hydroxylation sites is 1. The summed E-state index contributed by atoms with van der Waals surface area (Å²) in [6.45, 7) is 0. The monoisotopic (exact) mass is 380 g/mol. The van der Waals surface area contributed by atoms with Crippen LogP contribution < -0.4 is 10.6 Å². The SMILES string of the molecule is O=C(Nc1ccc(Nc2ccccc2)cc1)C(F)(F)C(F)(F)C(F)(F)F. The van der Waals surface area contributed by atoms with Crippen molar-refractivity contribution in [1.29, 1.82) is 0 Å². The Bertz CT molecular complexity index is 758. The Morgan fingerprint density at radius 1 is 0.692 bits per heavy atom. The average Bonchev–Trinajstić information content (AvgIpc) is 2.56. The van der Waals surface area contributed by atoms with Gasteiger partial charge in [-0.05, 0) is 36.4 Å². The number of benzene rings is 2. The molecule has 0 fully saturated rings. The van der Waals surface area contributed by atoms with Gasteiger partial charge in [-0.3, -0.25) is 4.79 Å². The number of rotatable bonds is 5. The van der Waals surface area contributed by atoms with E-state index in [1.165, 1.54) is 17.4 Å². The van der Waals surface area contributed by atoms with Crippen LogP contribution in [0, 0.1) is 0 Å². The summed E-state index contributed by atoms with van der Waals surface area (Å²) in [6, 6.07) is 13.5. The molecule has 0 radical (unpaired) electrons. The van der Waals surface area contributed by atoms with Gasteiger partial charge in [-0.2, -0.15) is 30.7 Å². The minimum absolute atomic E-state index is 0.369. The van der Waals surface area contributed by atoms with Gasteiger partial charge in [-0.15, -0.1) is 0 Å². The van der Waals surface area contributed by atoms with Crippen LogP contribution in [0.4, 0.5) is 47.8 Å². The molecule has 10 heteroatoms. The third-order valence-electron chi connectivity index (χ3n) is 3.24. The molecule has 0 saturated heterocycles. The Morgan fingerprint density at radius 2 is 1.15 bits per heavy atom. The molecule has 0 atom stereocenters. The molecule has 0 aromatic heterocycles. The third kappa shape index (κ3) is 3.89. The van der Waals surface area contributed by atoms with Crippen LogP contribution in [0.5, 0.6) is 0 Å². The number of hydrogen-bond donors (Lipinski definition) is 2. The van der Waals surface area contributed by atoms with Crippen molar-refractivity contribution < 1.29 is 35.5 Å². The van der Waals surface area contributed by atoms with Crippen molar-refractivity contribution in [2.75, 3.05) is 10.6 Å². The zero-order chi connectivity index (χ0) is 19.6. The fraction of sp³-hybridized carbons (Fsp3) is 0.188. The molecule has 0 bridgehead atoms. The van der Waals surface area contributed by atoms with Crippen molar-refractivity contribution in [2.24, 2.45) is 0 Å². The number of anilines is 3. The van der Waals surface area contributed by atoms with Gasteiger partial charge < -0.3 is 10.6 Å². The van der Waals surface area contributed by atoms with Gasteiger partial charge in [-0.1, -0.05) is 18.2 Å². The number of alkyl halides is 7. The van der Waals surface area contributed by atoms with E-state index >= 15 is 0 Å². The van der Waals surface area contributed by atoms with Crippen LogP contribution in [0.2, 0.25) is 0 Å². The van der Waals surface area contributed by atoms with E-state index in [2.05, 4.69) is 5.32 Å². The molecule has 140 valence electrons. The van der Waals surface area contributed by atoms with Gasteiger partial charge in [-0.25, -0.2) is 0 Å². The quantitative estimate of drug-likeness (QED) is 0.700. The first kappa shape index (κ1) is 19.5. The second-order valence-corrected chi connectivity index (χ2v) is 5.17. The van der Waals surface area contributed by atoms with E-state index in [1.54, 1.807) is 30.3 Å². The molecule has 0 aliphatic heterocycles. The first-order chi connectivity index (χ1) is 11.9. The second kappa shape index (κ2) is 6.85. The maximum Gasteiger partial charge on any atom is 0.460 e. The molecule has 2 rings (SSSR count).